The second kappa shape index (κ2) is 4.07. The average Bonchev–Trinajstić information content (AvgIpc) is 2.73. The van der Waals surface area contributed by atoms with Crippen molar-refractivity contribution in [2.75, 3.05) is 6.54 Å². The number of hydrogen-bond acceptors (Lipinski definition) is 2. The summed E-state index contributed by atoms with van der Waals surface area (Å²) in [6, 6.07) is -0.567. The van der Waals surface area contributed by atoms with Crippen molar-refractivity contribution in [2.45, 2.75) is 39.2 Å². The van der Waals surface area contributed by atoms with Gasteiger partial charge in [-0.1, -0.05) is 20.3 Å². The Hall–Kier alpha value is -1.06. The van der Waals surface area contributed by atoms with Crippen molar-refractivity contribution >= 4 is 11.9 Å². The number of carbonyl (C=O) groups is 2. The van der Waals surface area contributed by atoms with Crippen LogP contribution < -0.4 is 0 Å². The number of fused-ring (bicyclic) bond motifs is 1. The lowest BCUT2D eigenvalue weighted by Crippen LogP contribution is -2.44. The SMILES string of the molecule is CC(C)C(=O)N1CC2CCCC2C1C(=O)O. The van der Waals surface area contributed by atoms with E-state index in [0.29, 0.717) is 12.5 Å². The van der Waals surface area contributed by atoms with Crippen LogP contribution in [0.1, 0.15) is 33.1 Å². The molecule has 1 N–H and O–H groups in total. The van der Waals surface area contributed by atoms with Gasteiger partial charge in [0.05, 0.1) is 0 Å². The Morgan fingerprint density at radius 1 is 1.31 bits per heavy atom. The van der Waals surface area contributed by atoms with Crippen molar-refractivity contribution in [3.05, 3.63) is 0 Å². The fourth-order valence-electron chi connectivity index (χ4n) is 3.18. The van der Waals surface area contributed by atoms with Crippen molar-refractivity contribution in [3.8, 4) is 0 Å². The van der Waals surface area contributed by atoms with Gasteiger partial charge in [0.25, 0.3) is 0 Å². The highest BCUT2D eigenvalue weighted by Crippen LogP contribution is 2.42. The highest BCUT2D eigenvalue weighted by Gasteiger charge is 2.49. The summed E-state index contributed by atoms with van der Waals surface area (Å²) in [5.74, 6) is -0.338. The van der Waals surface area contributed by atoms with Gasteiger partial charge < -0.3 is 10.0 Å². The lowest BCUT2D eigenvalue weighted by Gasteiger charge is -2.25. The molecule has 1 saturated heterocycles. The molecule has 4 nitrogen and oxygen atoms in total. The summed E-state index contributed by atoms with van der Waals surface area (Å²) in [5.41, 5.74) is 0. The summed E-state index contributed by atoms with van der Waals surface area (Å²) in [7, 11) is 0. The van der Waals surface area contributed by atoms with E-state index in [9.17, 15) is 14.7 Å². The van der Waals surface area contributed by atoms with E-state index in [2.05, 4.69) is 0 Å². The number of likely N-dealkylation sites (tertiary alicyclic amines) is 1. The molecule has 0 spiro atoms. The Morgan fingerprint density at radius 3 is 2.56 bits per heavy atom. The van der Waals surface area contributed by atoms with E-state index in [1.807, 2.05) is 13.8 Å². The predicted octanol–water partition coefficient (Wildman–Crippen LogP) is 1.35. The minimum Gasteiger partial charge on any atom is -0.480 e. The van der Waals surface area contributed by atoms with Gasteiger partial charge in [-0.15, -0.1) is 0 Å². The maximum Gasteiger partial charge on any atom is 0.326 e. The van der Waals surface area contributed by atoms with Gasteiger partial charge in [-0.3, -0.25) is 4.79 Å². The number of rotatable bonds is 2. The molecule has 0 aromatic rings. The highest BCUT2D eigenvalue weighted by atomic mass is 16.4. The summed E-state index contributed by atoms with van der Waals surface area (Å²) in [6.45, 7) is 4.31. The molecule has 0 radical (unpaired) electrons. The molecule has 90 valence electrons. The lowest BCUT2D eigenvalue weighted by molar-refractivity contribution is -0.150. The fourth-order valence-corrected chi connectivity index (χ4v) is 3.18. The van der Waals surface area contributed by atoms with Crippen LogP contribution in [0.5, 0.6) is 0 Å². The molecule has 2 rings (SSSR count). The topological polar surface area (TPSA) is 57.6 Å². The van der Waals surface area contributed by atoms with Gasteiger partial charge in [-0.05, 0) is 24.7 Å². The number of hydrogen-bond donors (Lipinski definition) is 1. The van der Waals surface area contributed by atoms with Crippen molar-refractivity contribution in [1.82, 2.24) is 4.90 Å². The van der Waals surface area contributed by atoms with Crippen LogP contribution in [0, 0.1) is 17.8 Å². The molecule has 1 heterocycles. The number of carboxylic acid groups (broad SMARTS) is 1. The van der Waals surface area contributed by atoms with Crippen LogP contribution in [0.4, 0.5) is 0 Å². The van der Waals surface area contributed by atoms with Crippen molar-refractivity contribution < 1.29 is 14.7 Å². The first-order valence-corrected chi connectivity index (χ1v) is 6.05. The molecule has 16 heavy (non-hydrogen) atoms. The zero-order valence-corrected chi connectivity index (χ0v) is 9.85. The molecular formula is C12H19NO3. The molecule has 3 atom stereocenters. The summed E-state index contributed by atoms with van der Waals surface area (Å²) in [6.07, 6.45) is 3.16. The third kappa shape index (κ3) is 1.70. The second-order valence-corrected chi connectivity index (χ2v) is 5.28. The number of nitrogens with zero attached hydrogens (tertiary/aromatic N) is 1. The van der Waals surface area contributed by atoms with Crippen LogP contribution in [-0.2, 0) is 9.59 Å². The van der Waals surface area contributed by atoms with Gasteiger partial charge in [0.1, 0.15) is 6.04 Å². The number of amides is 1. The molecular weight excluding hydrogens is 206 g/mol. The maximum atomic E-state index is 12.0. The molecule has 1 aliphatic heterocycles. The van der Waals surface area contributed by atoms with Gasteiger partial charge in [-0.25, -0.2) is 4.79 Å². The predicted molar refractivity (Wildman–Crippen MR) is 58.8 cm³/mol. The first kappa shape index (κ1) is 11.4. The smallest absolute Gasteiger partial charge is 0.326 e. The minimum atomic E-state index is -0.830. The van der Waals surface area contributed by atoms with E-state index in [-0.39, 0.29) is 17.7 Å². The van der Waals surface area contributed by atoms with E-state index in [1.54, 1.807) is 4.90 Å². The van der Waals surface area contributed by atoms with Crippen molar-refractivity contribution in [1.29, 1.82) is 0 Å². The van der Waals surface area contributed by atoms with Crippen molar-refractivity contribution in [3.63, 3.8) is 0 Å². The standard InChI is InChI=1S/C12H19NO3/c1-7(2)11(14)13-6-8-4-3-5-9(8)10(13)12(15)16/h7-10H,3-6H2,1-2H3,(H,15,16). The van der Waals surface area contributed by atoms with E-state index in [0.717, 1.165) is 19.3 Å². The van der Waals surface area contributed by atoms with E-state index in [1.165, 1.54) is 0 Å². The van der Waals surface area contributed by atoms with Gasteiger partial charge in [-0.2, -0.15) is 0 Å². The Labute approximate surface area is 95.6 Å². The van der Waals surface area contributed by atoms with Gasteiger partial charge in [0.2, 0.25) is 5.91 Å². The van der Waals surface area contributed by atoms with E-state index < -0.39 is 12.0 Å². The van der Waals surface area contributed by atoms with Crippen LogP contribution in [0.2, 0.25) is 0 Å². The molecule has 1 amide bonds. The Morgan fingerprint density at radius 2 is 2.00 bits per heavy atom. The largest absolute Gasteiger partial charge is 0.480 e. The zero-order chi connectivity index (χ0) is 11.9. The molecule has 0 bridgehead atoms. The average molecular weight is 225 g/mol. The number of carbonyl (C=O) groups excluding carboxylic acids is 1. The molecule has 0 aromatic carbocycles. The van der Waals surface area contributed by atoms with Crippen LogP contribution in [0.15, 0.2) is 0 Å². The van der Waals surface area contributed by atoms with E-state index >= 15 is 0 Å². The second-order valence-electron chi connectivity index (χ2n) is 5.28. The molecule has 4 heteroatoms. The highest BCUT2D eigenvalue weighted by molar-refractivity contribution is 5.85. The zero-order valence-electron chi connectivity index (χ0n) is 9.85. The van der Waals surface area contributed by atoms with Gasteiger partial charge in [0.15, 0.2) is 0 Å². The Balaban J connectivity index is 2.20. The first-order valence-electron chi connectivity index (χ1n) is 6.05. The third-order valence-electron chi connectivity index (χ3n) is 3.92. The summed E-state index contributed by atoms with van der Waals surface area (Å²) >= 11 is 0. The van der Waals surface area contributed by atoms with Crippen molar-refractivity contribution in [2.24, 2.45) is 17.8 Å². The van der Waals surface area contributed by atoms with Gasteiger partial charge >= 0.3 is 5.97 Å². The quantitative estimate of drug-likeness (QED) is 0.771. The van der Waals surface area contributed by atoms with Crippen LogP contribution in [0.25, 0.3) is 0 Å². The van der Waals surface area contributed by atoms with Crippen LogP contribution >= 0.6 is 0 Å². The molecule has 2 fully saturated rings. The van der Waals surface area contributed by atoms with E-state index in [4.69, 9.17) is 0 Å². The molecule has 3 unspecified atom stereocenters. The first-order chi connectivity index (χ1) is 7.52. The molecule has 1 aliphatic carbocycles. The number of aliphatic carboxylic acids is 1. The maximum absolute atomic E-state index is 12.0. The third-order valence-corrected chi connectivity index (χ3v) is 3.92. The summed E-state index contributed by atoms with van der Waals surface area (Å²) < 4.78 is 0. The Kier molecular flexibility index (Phi) is 2.91. The van der Waals surface area contributed by atoms with Gasteiger partial charge in [0, 0.05) is 12.5 Å². The fraction of sp³-hybridized carbons (Fsp3) is 0.833. The molecule has 0 aromatic heterocycles. The Bertz CT molecular complexity index is 313. The normalized spacial score (nSPS) is 33.2. The minimum absolute atomic E-state index is 0.0122. The molecule has 1 saturated carbocycles. The lowest BCUT2D eigenvalue weighted by atomic mass is 9.94. The summed E-state index contributed by atoms with van der Waals surface area (Å²) in [4.78, 5) is 24.8. The van der Waals surface area contributed by atoms with Crippen LogP contribution in [-0.4, -0.2) is 34.5 Å². The molecule has 2 aliphatic rings. The van der Waals surface area contributed by atoms with Crippen LogP contribution in [0.3, 0.4) is 0 Å². The summed E-state index contributed by atoms with van der Waals surface area (Å²) in [5, 5.41) is 9.27. The monoisotopic (exact) mass is 225 g/mol. The number of carboxylic acids is 1.